The van der Waals surface area contributed by atoms with Crippen molar-refractivity contribution in [2.75, 3.05) is 26.2 Å². The number of aromatic nitrogens is 3. The Morgan fingerprint density at radius 1 is 1.21 bits per heavy atom. The molecule has 0 bridgehead atoms. The average molecular weight is 396 g/mol. The molecule has 7 heteroatoms. The molecule has 2 N–H and O–H groups in total. The van der Waals surface area contributed by atoms with E-state index in [0.29, 0.717) is 12.1 Å². The molecular weight excluding hydrogens is 366 g/mol. The number of likely N-dealkylation sites (tertiary alicyclic amines) is 1. The fourth-order valence-corrected chi connectivity index (χ4v) is 4.78. The summed E-state index contributed by atoms with van der Waals surface area (Å²) in [6.07, 6.45) is 3.89. The van der Waals surface area contributed by atoms with E-state index in [1.54, 1.807) is 10.8 Å². The number of nitrogens with one attached hydrogen (secondary N) is 2. The third-order valence-electron chi connectivity index (χ3n) is 5.80. The largest absolute Gasteiger partial charge is 0.355 e. The minimum atomic E-state index is -0.278. The van der Waals surface area contributed by atoms with Crippen molar-refractivity contribution in [2.24, 2.45) is 11.8 Å². The molecule has 2 unspecified atom stereocenters. The van der Waals surface area contributed by atoms with Gasteiger partial charge < -0.3 is 14.8 Å². The normalized spacial score (nSPS) is 20.3. The Hall–Kier alpha value is -2.67. The summed E-state index contributed by atoms with van der Waals surface area (Å²) in [5.74, 6) is 1.41. The molecule has 1 aliphatic rings. The summed E-state index contributed by atoms with van der Waals surface area (Å²) in [7, 11) is 0. The van der Waals surface area contributed by atoms with Gasteiger partial charge in [-0.15, -0.1) is 0 Å². The number of piperidine rings is 1. The molecule has 0 radical (unpaired) electrons. The van der Waals surface area contributed by atoms with Gasteiger partial charge in [0.25, 0.3) is 5.56 Å². The predicted octanol–water partition coefficient (Wildman–Crippen LogP) is 2.36. The summed E-state index contributed by atoms with van der Waals surface area (Å²) in [5.41, 5.74) is 1.08. The summed E-state index contributed by atoms with van der Waals surface area (Å²) in [4.78, 5) is 27.5. The monoisotopic (exact) mass is 395 g/mol. The van der Waals surface area contributed by atoms with Gasteiger partial charge in [-0.3, -0.25) is 9.59 Å². The summed E-state index contributed by atoms with van der Waals surface area (Å²) in [5, 5.41) is 11.1. The average Bonchev–Trinajstić information content (AvgIpc) is 3.00. The predicted molar refractivity (Wildman–Crippen MR) is 115 cm³/mol. The fraction of sp³-hybridized carbons (Fsp3) is 0.500. The zero-order valence-electron chi connectivity index (χ0n) is 17.1. The van der Waals surface area contributed by atoms with Crippen molar-refractivity contribution in [1.82, 2.24) is 25.0 Å². The molecule has 0 saturated carbocycles. The van der Waals surface area contributed by atoms with Crippen molar-refractivity contribution in [3.63, 3.8) is 0 Å². The number of rotatable bonds is 6. The number of aromatic amines is 1. The molecule has 1 aromatic carbocycles. The van der Waals surface area contributed by atoms with E-state index in [9.17, 15) is 9.59 Å². The molecule has 154 valence electrons. The van der Waals surface area contributed by atoms with Gasteiger partial charge in [-0.2, -0.15) is 5.10 Å². The Kier molecular flexibility index (Phi) is 5.67. The second-order valence-electron chi connectivity index (χ2n) is 8.47. The molecule has 4 rings (SSSR count). The maximum absolute atomic E-state index is 12.6. The van der Waals surface area contributed by atoms with Gasteiger partial charge in [0.05, 0.1) is 6.20 Å². The van der Waals surface area contributed by atoms with E-state index in [-0.39, 0.29) is 18.0 Å². The first-order chi connectivity index (χ1) is 14.0. The quantitative estimate of drug-likeness (QED) is 0.628. The molecule has 3 heterocycles. The number of amides is 1. The number of carbonyl (C=O) groups excluding carboxylic acids is 1. The van der Waals surface area contributed by atoms with E-state index < -0.39 is 0 Å². The molecule has 0 aliphatic carbocycles. The highest BCUT2D eigenvalue weighted by molar-refractivity contribution is 6.07. The molecule has 29 heavy (non-hydrogen) atoms. The second-order valence-corrected chi connectivity index (χ2v) is 8.47. The van der Waals surface area contributed by atoms with Gasteiger partial charge in [0, 0.05) is 35.9 Å². The highest BCUT2D eigenvalue weighted by atomic mass is 16.2. The highest BCUT2D eigenvalue weighted by Gasteiger charge is 2.21. The number of carbonyl (C=O) groups is 1. The zero-order valence-corrected chi connectivity index (χ0v) is 17.1. The Labute approximate surface area is 170 Å². The maximum Gasteiger partial charge on any atom is 0.288 e. The summed E-state index contributed by atoms with van der Waals surface area (Å²) in [6, 6.07) is 7.72. The highest BCUT2D eigenvalue weighted by Crippen LogP contribution is 2.25. The third kappa shape index (κ3) is 4.19. The lowest BCUT2D eigenvalue weighted by Gasteiger charge is -2.34. The topological polar surface area (TPSA) is 83.0 Å². The van der Waals surface area contributed by atoms with Crippen LogP contribution in [0.2, 0.25) is 0 Å². The Morgan fingerprint density at radius 2 is 1.97 bits per heavy atom. The number of benzene rings is 1. The van der Waals surface area contributed by atoms with E-state index in [2.05, 4.69) is 34.3 Å². The van der Waals surface area contributed by atoms with Crippen LogP contribution in [0, 0.1) is 11.8 Å². The van der Waals surface area contributed by atoms with Crippen molar-refractivity contribution in [3.05, 3.63) is 40.8 Å². The standard InChI is InChI=1S/C22H29N5O2/c1-15-10-16(2)13-26(12-15)9-5-8-23-20(28)14-27-19-7-4-3-6-17(19)18-11-24-25-22(29)21(18)27/h3-4,6-7,11,15-16H,5,8-10,12-14H2,1-2H3,(H,23,28)(H,25,29). The van der Waals surface area contributed by atoms with Crippen molar-refractivity contribution < 1.29 is 4.79 Å². The van der Waals surface area contributed by atoms with E-state index in [1.807, 2.05) is 24.3 Å². The second kappa shape index (κ2) is 8.37. The molecular formula is C22H29N5O2. The third-order valence-corrected chi connectivity index (χ3v) is 5.80. The van der Waals surface area contributed by atoms with Crippen molar-refractivity contribution in [1.29, 1.82) is 0 Å². The van der Waals surface area contributed by atoms with Crippen LogP contribution in [0.3, 0.4) is 0 Å². The molecule has 2 aromatic heterocycles. The first kappa shape index (κ1) is 19.6. The van der Waals surface area contributed by atoms with Crippen LogP contribution in [0.4, 0.5) is 0 Å². The van der Waals surface area contributed by atoms with Crippen molar-refractivity contribution in [3.8, 4) is 0 Å². The smallest absolute Gasteiger partial charge is 0.288 e. The SMILES string of the molecule is CC1CC(C)CN(CCCNC(=O)Cn2c3ccccc3c3cn[nH]c(=O)c32)C1. The molecule has 7 nitrogen and oxygen atoms in total. The van der Waals surface area contributed by atoms with Gasteiger partial charge in [-0.05, 0) is 37.3 Å². The summed E-state index contributed by atoms with van der Waals surface area (Å²) in [6.45, 7) is 8.70. The fourth-order valence-electron chi connectivity index (χ4n) is 4.78. The molecule has 1 saturated heterocycles. The number of para-hydroxylation sites is 1. The van der Waals surface area contributed by atoms with Crippen LogP contribution in [0.15, 0.2) is 35.3 Å². The van der Waals surface area contributed by atoms with Crippen molar-refractivity contribution >= 4 is 27.7 Å². The lowest BCUT2D eigenvalue weighted by Crippen LogP contribution is -2.40. The summed E-state index contributed by atoms with van der Waals surface area (Å²) < 4.78 is 1.79. The number of fused-ring (bicyclic) bond motifs is 3. The maximum atomic E-state index is 12.6. The van der Waals surface area contributed by atoms with E-state index >= 15 is 0 Å². The number of hydrogen-bond acceptors (Lipinski definition) is 4. The van der Waals surface area contributed by atoms with Crippen LogP contribution in [0.5, 0.6) is 0 Å². The van der Waals surface area contributed by atoms with Crippen LogP contribution in [-0.4, -0.2) is 51.8 Å². The summed E-state index contributed by atoms with van der Waals surface area (Å²) >= 11 is 0. The minimum Gasteiger partial charge on any atom is -0.355 e. The molecule has 2 atom stereocenters. The van der Waals surface area contributed by atoms with Crippen LogP contribution < -0.4 is 10.9 Å². The van der Waals surface area contributed by atoms with Gasteiger partial charge >= 0.3 is 0 Å². The molecule has 1 fully saturated rings. The van der Waals surface area contributed by atoms with Gasteiger partial charge in [0.15, 0.2) is 0 Å². The number of H-pyrrole nitrogens is 1. The number of hydrogen-bond donors (Lipinski definition) is 2. The minimum absolute atomic E-state index is 0.0794. The van der Waals surface area contributed by atoms with Crippen LogP contribution in [-0.2, 0) is 11.3 Å². The Bertz CT molecular complexity index is 1060. The Balaban J connectivity index is 1.40. The van der Waals surface area contributed by atoms with E-state index in [4.69, 9.17) is 0 Å². The molecule has 1 amide bonds. The first-order valence-electron chi connectivity index (χ1n) is 10.5. The van der Waals surface area contributed by atoms with Crippen LogP contribution in [0.25, 0.3) is 21.8 Å². The van der Waals surface area contributed by atoms with E-state index in [1.165, 1.54) is 6.42 Å². The zero-order chi connectivity index (χ0) is 20.4. The van der Waals surface area contributed by atoms with Gasteiger partial charge in [-0.1, -0.05) is 32.0 Å². The number of nitrogens with zero attached hydrogens (tertiary/aromatic N) is 3. The molecule has 0 spiro atoms. The molecule has 1 aliphatic heterocycles. The molecule has 3 aromatic rings. The van der Waals surface area contributed by atoms with Gasteiger partial charge in [0.1, 0.15) is 12.1 Å². The van der Waals surface area contributed by atoms with Crippen LogP contribution in [0.1, 0.15) is 26.7 Å². The van der Waals surface area contributed by atoms with Gasteiger partial charge in [0.2, 0.25) is 5.91 Å². The van der Waals surface area contributed by atoms with Crippen molar-refractivity contribution in [2.45, 2.75) is 33.2 Å². The van der Waals surface area contributed by atoms with Crippen LogP contribution >= 0.6 is 0 Å². The van der Waals surface area contributed by atoms with E-state index in [0.717, 1.165) is 54.2 Å². The lowest BCUT2D eigenvalue weighted by atomic mass is 9.92. The Morgan fingerprint density at radius 3 is 2.76 bits per heavy atom. The lowest BCUT2D eigenvalue weighted by molar-refractivity contribution is -0.121. The first-order valence-corrected chi connectivity index (χ1v) is 10.5. The van der Waals surface area contributed by atoms with Gasteiger partial charge in [-0.25, -0.2) is 5.10 Å².